The summed E-state index contributed by atoms with van der Waals surface area (Å²) in [6.45, 7) is 12.7. The molecule has 1 aliphatic rings. The molecule has 23 heavy (non-hydrogen) atoms. The minimum Gasteiger partial charge on any atom is -0.379 e. The summed E-state index contributed by atoms with van der Waals surface area (Å²) in [6, 6.07) is 8.72. The topological polar surface area (TPSA) is 48.9 Å². The van der Waals surface area contributed by atoms with E-state index in [0.717, 1.165) is 45.4 Å². The fraction of sp³-hybridized carbons (Fsp3) is 0.500. The Balaban J connectivity index is 1.86. The Labute approximate surface area is 139 Å². The third kappa shape index (κ3) is 6.42. The van der Waals surface area contributed by atoms with Crippen LogP contribution >= 0.6 is 0 Å². The predicted octanol–water partition coefficient (Wildman–Crippen LogP) is 1.76. The highest BCUT2D eigenvalue weighted by Gasteiger charge is 2.10. The lowest BCUT2D eigenvalue weighted by Crippen LogP contribution is -2.37. The van der Waals surface area contributed by atoms with E-state index in [9.17, 15) is 0 Å². The van der Waals surface area contributed by atoms with Crippen molar-refractivity contribution < 1.29 is 4.74 Å². The molecule has 1 saturated heterocycles. The molecular formula is C18H28N4O. The highest BCUT2D eigenvalue weighted by atomic mass is 16.5. The van der Waals surface area contributed by atoms with E-state index < -0.39 is 0 Å². The molecule has 5 nitrogen and oxygen atoms in total. The van der Waals surface area contributed by atoms with Crippen molar-refractivity contribution >= 4 is 5.96 Å². The van der Waals surface area contributed by atoms with Crippen LogP contribution in [0.25, 0.3) is 0 Å². The molecule has 0 amide bonds. The zero-order valence-corrected chi connectivity index (χ0v) is 14.1. The van der Waals surface area contributed by atoms with Gasteiger partial charge in [0.05, 0.1) is 19.8 Å². The van der Waals surface area contributed by atoms with Crippen LogP contribution in [0.3, 0.4) is 0 Å². The van der Waals surface area contributed by atoms with Crippen LogP contribution < -0.4 is 10.6 Å². The van der Waals surface area contributed by atoms with Crippen molar-refractivity contribution in [3.8, 4) is 0 Å². The van der Waals surface area contributed by atoms with Gasteiger partial charge in [-0.2, -0.15) is 0 Å². The third-order valence-electron chi connectivity index (χ3n) is 3.71. The van der Waals surface area contributed by atoms with E-state index in [4.69, 9.17) is 4.74 Å². The maximum atomic E-state index is 5.38. The van der Waals surface area contributed by atoms with E-state index in [2.05, 4.69) is 58.3 Å². The molecule has 1 fully saturated rings. The van der Waals surface area contributed by atoms with Crippen molar-refractivity contribution in [2.45, 2.75) is 20.0 Å². The molecule has 126 valence electrons. The number of aliphatic imine (C=N–C) groups is 1. The monoisotopic (exact) mass is 316 g/mol. The zero-order chi connectivity index (χ0) is 16.3. The van der Waals surface area contributed by atoms with Crippen LogP contribution in [-0.2, 0) is 17.8 Å². The van der Waals surface area contributed by atoms with Gasteiger partial charge in [0, 0.05) is 32.7 Å². The number of hydrogen-bond acceptors (Lipinski definition) is 3. The third-order valence-corrected chi connectivity index (χ3v) is 3.71. The number of benzene rings is 1. The molecule has 0 unspecified atom stereocenters. The molecule has 0 bridgehead atoms. The Morgan fingerprint density at radius 2 is 1.91 bits per heavy atom. The molecule has 2 rings (SSSR count). The second-order valence-corrected chi connectivity index (χ2v) is 5.57. The first-order valence-electron chi connectivity index (χ1n) is 8.33. The molecule has 0 radical (unpaired) electrons. The van der Waals surface area contributed by atoms with Crippen LogP contribution in [0.5, 0.6) is 0 Å². The fourth-order valence-electron chi connectivity index (χ4n) is 2.45. The number of hydrogen-bond donors (Lipinski definition) is 2. The van der Waals surface area contributed by atoms with Gasteiger partial charge in [-0.15, -0.1) is 6.58 Å². The molecule has 0 spiro atoms. The Morgan fingerprint density at radius 3 is 2.57 bits per heavy atom. The summed E-state index contributed by atoms with van der Waals surface area (Å²) in [5, 5.41) is 6.43. The number of morpholine rings is 1. The van der Waals surface area contributed by atoms with Crippen LogP contribution in [-0.4, -0.2) is 50.3 Å². The molecule has 0 saturated carbocycles. The van der Waals surface area contributed by atoms with Gasteiger partial charge in [-0.3, -0.25) is 4.90 Å². The molecule has 1 heterocycles. The average Bonchev–Trinajstić information content (AvgIpc) is 2.59. The highest BCUT2D eigenvalue weighted by Crippen LogP contribution is 2.10. The summed E-state index contributed by atoms with van der Waals surface area (Å²) in [6.07, 6.45) is 1.83. The lowest BCUT2D eigenvalue weighted by atomic mass is 10.1. The van der Waals surface area contributed by atoms with Gasteiger partial charge in [-0.1, -0.05) is 30.3 Å². The maximum absolute atomic E-state index is 5.38. The molecule has 1 aliphatic heterocycles. The van der Waals surface area contributed by atoms with Crippen LogP contribution in [0.2, 0.25) is 0 Å². The largest absolute Gasteiger partial charge is 0.379 e. The Kier molecular flexibility index (Phi) is 7.63. The SMILES string of the molecule is C=CCNC(=NCc1ccc(CN2CCOCC2)cc1)NCC. The number of guanidine groups is 1. The van der Waals surface area contributed by atoms with Gasteiger partial charge in [-0.25, -0.2) is 4.99 Å². The number of nitrogens with one attached hydrogen (secondary N) is 2. The second-order valence-electron chi connectivity index (χ2n) is 5.57. The maximum Gasteiger partial charge on any atom is 0.191 e. The van der Waals surface area contributed by atoms with Crippen molar-refractivity contribution in [3.63, 3.8) is 0 Å². The Hall–Kier alpha value is -1.85. The molecule has 2 N–H and O–H groups in total. The van der Waals surface area contributed by atoms with Crippen LogP contribution in [0, 0.1) is 0 Å². The van der Waals surface area contributed by atoms with E-state index in [-0.39, 0.29) is 0 Å². The van der Waals surface area contributed by atoms with Gasteiger partial charge in [-0.05, 0) is 18.1 Å². The highest BCUT2D eigenvalue weighted by molar-refractivity contribution is 5.79. The lowest BCUT2D eigenvalue weighted by Gasteiger charge is -2.26. The van der Waals surface area contributed by atoms with Crippen molar-refractivity contribution in [1.29, 1.82) is 0 Å². The number of ether oxygens (including phenoxy) is 1. The minimum atomic E-state index is 0.671. The number of nitrogens with zero attached hydrogens (tertiary/aromatic N) is 2. The van der Waals surface area contributed by atoms with Crippen LogP contribution in [0.4, 0.5) is 0 Å². The summed E-state index contributed by atoms with van der Waals surface area (Å²) in [4.78, 5) is 7.02. The molecule has 1 aromatic carbocycles. The van der Waals surface area contributed by atoms with Crippen molar-refractivity contribution in [1.82, 2.24) is 15.5 Å². The minimum absolute atomic E-state index is 0.671. The molecule has 0 atom stereocenters. The molecule has 0 aliphatic carbocycles. The van der Waals surface area contributed by atoms with E-state index in [1.807, 2.05) is 6.08 Å². The van der Waals surface area contributed by atoms with E-state index >= 15 is 0 Å². The van der Waals surface area contributed by atoms with Gasteiger partial charge < -0.3 is 15.4 Å². The standard InChI is InChI=1S/C18H28N4O/c1-3-9-20-18(19-4-2)21-14-16-5-7-17(8-6-16)15-22-10-12-23-13-11-22/h3,5-8H,1,4,9-15H2,2H3,(H2,19,20,21). The second kappa shape index (κ2) is 10.0. The Morgan fingerprint density at radius 1 is 1.22 bits per heavy atom. The van der Waals surface area contributed by atoms with E-state index in [1.165, 1.54) is 11.1 Å². The van der Waals surface area contributed by atoms with Gasteiger partial charge in [0.25, 0.3) is 0 Å². The summed E-state index contributed by atoms with van der Waals surface area (Å²) in [7, 11) is 0. The normalized spacial score (nSPS) is 16.1. The summed E-state index contributed by atoms with van der Waals surface area (Å²) < 4.78 is 5.38. The van der Waals surface area contributed by atoms with E-state index in [0.29, 0.717) is 13.1 Å². The summed E-state index contributed by atoms with van der Waals surface area (Å²) >= 11 is 0. The van der Waals surface area contributed by atoms with Crippen molar-refractivity contribution in [2.75, 3.05) is 39.4 Å². The van der Waals surface area contributed by atoms with Crippen LogP contribution in [0.1, 0.15) is 18.1 Å². The van der Waals surface area contributed by atoms with Crippen molar-refractivity contribution in [2.24, 2.45) is 4.99 Å². The summed E-state index contributed by atoms with van der Waals surface area (Å²) in [5.41, 5.74) is 2.56. The smallest absolute Gasteiger partial charge is 0.191 e. The molecule has 1 aromatic rings. The predicted molar refractivity (Wildman–Crippen MR) is 95.6 cm³/mol. The van der Waals surface area contributed by atoms with Gasteiger partial charge in [0.15, 0.2) is 5.96 Å². The van der Waals surface area contributed by atoms with Gasteiger partial charge >= 0.3 is 0 Å². The lowest BCUT2D eigenvalue weighted by molar-refractivity contribution is 0.0342. The van der Waals surface area contributed by atoms with Gasteiger partial charge in [0.2, 0.25) is 0 Å². The van der Waals surface area contributed by atoms with Crippen LogP contribution in [0.15, 0.2) is 41.9 Å². The first kappa shape index (κ1) is 17.5. The molecule has 5 heteroatoms. The van der Waals surface area contributed by atoms with E-state index in [1.54, 1.807) is 0 Å². The fourth-order valence-corrected chi connectivity index (χ4v) is 2.45. The summed E-state index contributed by atoms with van der Waals surface area (Å²) in [5.74, 6) is 0.824. The number of rotatable bonds is 7. The molecular weight excluding hydrogens is 288 g/mol. The molecule has 0 aromatic heterocycles. The first-order chi connectivity index (χ1) is 11.3. The van der Waals surface area contributed by atoms with Crippen molar-refractivity contribution in [3.05, 3.63) is 48.0 Å². The van der Waals surface area contributed by atoms with Gasteiger partial charge in [0.1, 0.15) is 0 Å². The zero-order valence-electron chi connectivity index (χ0n) is 14.1. The average molecular weight is 316 g/mol. The first-order valence-corrected chi connectivity index (χ1v) is 8.33. The quantitative estimate of drug-likeness (QED) is 0.457. The Bertz CT molecular complexity index is 492.